The Morgan fingerprint density at radius 3 is 2.28 bits per heavy atom. The van der Waals surface area contributed by atoms with Gasteiger partial charge in [0.2, 0.25) is 0 Å². The molecule has 0 saturated heterocycles. The first-order valence-corrected chi connectivity index (χ1v) is 7.76. The molecule has 0 spiro atoms. The number of carbonyl (C=O) groups is 1. The first kappa shape index (κ1) is 18.2. The van der Waals surface area contributed by atoms with E-state index in [2.05, 4.69) is 0 Å². The number of phenols is 4. The van der Waals surface area contributed by atoms with Gasteiger partial charge in [-0.05, 0) is 61.2 Å². The van der Waals surface area contributed by atoms with E-state index in [0.717, 1.165) is 5.56 Å². The Kier molecular flexibility index (Phi) is 5.89. The smallest absolute Gasteiger partial charge is 0.331 e. The van der Waals surface area contributed by atoms with E-state index in [1.54, 1.807) is 19.1 Å². The Balaban J connectivity index is 1.83. The van der Waals surface area contributed by atoms with Crippen LogP contribution in [-0.4, -0.2) is 32.5 Å². The zero-order valence-corrected chi connectivity index (χ0v) is 13.7. The van der Waals surface area contributed by atoms with E-state index < -0.39 is 5.97 Å². The summed E-state index contributed by atoms with van der Waals surface area (Å²) in [6.45, 7) is 1.76. The topological polar surface area (TPSA) is 107 Å². The number of aromatic hydroxyl groups is 4. The Bertz CT molecular complexity index is 781. The first-order chi connectivity index (χ1) is 11.8. The Morgan fingerprint density at radius 1 is 1.00 bits per heavy atom. The normalized spacial score (nSPS) is 12.2. The van der Waals surface area contributed by atoms with E-state index in [1.165, 1.54) is 36.4 Å². The maximum atomic E-state index is 11.8. The molecular weight excluding hydrogens is 324 g/mol. The molecule has 6 heteroatoms. The van der Waals surface area contributed by atoms with E-state index >= 15 is 0 Å². The van der Waals surface area contributed by atoms with Gasteiger partial charge in [-0.2, -0.15) is 0 Å². The van der Waals surface area contributed by atoms with Crippen LogP contribution in [0.2, 0.25) is 0 Å². The van der Waals surface area contributed by atoms with Gasteiger partial charge in [0.15, 0.2) is 23.0 Å². The molecule has 1 atom stereocenters. The lowest BCUT2D eigenvalue weighted by Gasteiger charge is -2.12. The molecule has 0 aliphatic rings. The fraction of sp³-hybridized carbons (Fsp3) is 0.211. The number of phenolic OH excluding ortho intramolecular Hbond substituents is 4. The van der Waals surface area contributed by atoms with Crippen molar-refractivity contribution in [2.45, 2.75) is 25.9 Å². The predicted molar refractivity (Wildman–Crippen MR) is 92.5 cm³/mol. The van der Waals surface area contributed by atoms with Gasteiger partial charge in [0, 0.05) is 6.08 Å². The molecule has 2 rings (SSSR count). The number of rotatable bonds is 6. The van der Waals surface area contributed by atoms with Crippen LogP contribution in [0.1, 0.15) is 24.5 Å². The molecule has 0 unspecified atom stereocenters. The SMILES string of the molecule is C[C@H](CCc1ccc(O)c(O)c1)OC(=O)C=Cc1ccc(O)c(O)c1. The first-order valence-electron chi connectivity index (χ1n) is 7.76. The third-order valence-corrected chi connectivity index (χ3v) is 3.61. The maximum absolute atomic E-state index is 11.8. The van der Waals surface area contributed by atoms with Crippen LogP contribution in [-0.2, 0) is 16.0 Å². The number of aryl methyl sites for hydroxylation is 1. The molecule has 25 heavy (non-hydrogen) atoms. The van der Waals surface area contributed by atoms with Crippen molar-refractivity contribution in [1.29, 1.82) is 0 Å². The number of ether oxygens (including phenoxy) is 1. The predicted octanol–water partition coefficient (Wildman–Crippen LogP) is 3.09. The number of hydrogen-bond acceptors (Lipinski definition) is 6. The van der Waals surface area contributed by atoms with Crippen LogP contribution in [0, 0.1) is 0 Å². The zero-order chi connectivity index (χ0) is 18.4. The lowest BCUT2D eigenvalue weighted by molar-refractivity contribution is -0.142. The lowest BCUT2D eigenvalue weighted by Crippen LogP contribution is -2.13. The molecule has 2 aromatic carbocycles. The average molecular weight is 344 g/mol. The van der Waals surface area contributed by atoms with Gasteiger partial charge in [0.25, 0.3) is 0 Å². The van der Waals surface area contributed by atoms with Crippen LogP contribution in [0.5, 0.6) is 23.0 Å². The second-order valence-electron chi connectivity index (χ2n) is 5.69. The van der Waals surface area contributed by atoms with E-state index in [9.17, 15) is 25.2 Å². The van der Waals surface area contributed by atoms with Crippen LogP contribution in [0.3, 0.4) is 0 Å². The second-order valence-corrected chi connectivity index (χ2v) is 5.69. The van der Waals surface area contributed by atoms with Gasteiger partial charge < -0.3 is 25.2 Å². The highest BCUT2D eigenvalue weighted by Gasteiger charge is 2.09. The molecule has 0 heterocycles. The molecule has 0 aliphatic carbocycles. The van der Waals surface area contributed by atoms with E-state index in [0.29, 0.717) is 18.4 Å². The van der Waals surface area contributed by atoms with Crippen LogP contribution in [0.15, 0.2) is 42.5 Å². The van der Waals surface area contributed by atoms with Gasteiger partial charge in [-0.1, -0.05) is 12.1 Å². The lowest BCUT2D eigenvalue weighted by atomic mass is 10.1. The summed E-state index contributed by atoms with van der Waals surface area (Å²) in [5, 5.41) is 37.3. The average Bonchev–Trinajstić information content (AvgIpc) is 2.57. The molecule has 4 N–H and O–H groups in total. The van der Waals surface area contributed by atoms with Gasteiger partial charge in [-0.3, -0.25) is 0 Å². The number of esters is 1. The van der Waals surface area contributed by atoms with E-state index in [4.69, 9.17) is 4.74 Å². The Hall–Kier alpha value is -3.15. The minimum atomic E-state index is -0.520. The van der Waals surface area contributed by atoms with E-state index in [1.807, 2.05) is 0 Å². The molecule has 6 nitrogen and oxygen atoms in total. The summed E-state index contributed by atoms with van der Waals surface area (Å²) in [6.07, 6.45) is 3.53. The van der Waals surface area contributed by atoms with Crippen molar-refractivity contribution in [3.05, 3.63) is 53.6 Å². The summed E-state index contributed by atoms with van der Waals surface area (Å²) in [6, 6.07) is 8.80. The molecular formula is C19H20O6. The minimum absolute atomic E-state index is 0.173. The molecule has 0 radical (unpaired) electrons. The van der Waals surface area contributed by atoms with Crippen molar-refractivity contribution in [1.82, 2.24) is 0 Å². The van der Waals surface area contributed by atoms with Crippen molar-refractivity contribution >= 4 is 12.0 Å². The number of carbonyl (C=O) groups excluding carboxylic acids is 1. The van der Waals surface area contributed by atoms with Crippen molar-refractivity contribution in [3.63, 3.8) is 0 Å². The molecule has 0 fully saturated rings. The largest absolute Gasteiger partial charge is 0.504 e. The fourth-order valence-electron chi connectivity index (χ4n) is 2.20. The quantitative estimate of drug-likeness (QED) is 0.364. The highest BCUT2D eigenvalue weighted by atomic mass is 16.5. The Labute approximate surface area is 145 Å². The molecule has 132 valence electrons. The van der Waals surface area contributed by atoms with Crippen LogP contribution in [0.4, 0.5) is 0 Å². The van der Waals surface area contributed by atoms with Crippen LogP contribution >= 0.6 is 0 Å². The number of hydrogen-bond donors (Lipinski definition) is 4. The second kappa shape index (κ2) is 8.10. The number of benzene rings is 2. The summed E-state index contributed by atoms with van der Waals surface area (Å²) in [4.78, 5) is 11.8. The van der Waals surface area contributed by atoms with Crippen molar-refractivity contribution in [2.24, 2.45) is 0 Å². The monoisotopic (exact) mass is 344 g/mol. The highest BCUT2D eigenvalue weighted by Crippen LogP contribution is 2.26. The Morgan fingerprint density at radius 2 is 1.64 bits per heavy atom. The van der Waals surface area contributed by atoms with Gasteiger partial charge >= 0.3 is 5.97 Å². The third-order valence-electron chi connectivity index (χ3n) is 3.61. The zero-order valence-electron chi connectivity index (χ0n) is 13.7. The summed E-state index contributed by atoms with van der Waals surface area (Å²) in [5.74, 6) is -1.36. The van der Waals surface area contributed by atoms with Crippen LogP contribution in [0.25, 0.3) is 6.08 Å². The fourth-order valence-corrected chi connectivity index (χ4v) is 2.20. The van der Waals surface area contributed by atoms with Crippen molar-refractivity contribution in [3.8, 4) is 23.0 Å². The maximum Gasteiger partial charge on any atom is 0.331 e. The standard InChI is InChI=1S/C19H20O6/c1-12(2-3-13-4-7-15(20)17(22)10-13)25-19(24)9-6-14-5-8-16(21)18(23)11-14/h4-12,20-23H,2-3H2,1H3/t12-/m1/s1. The molecule has 2 aromatic rings. The van der Waals surface area contributed by atoms with Gasteiger partial charge in [-0.15, -0.1) is 0 Å². The molecule has 0 aromatic heterocycles. The third kappa shape index (κ3) is 5.46. The van der Waals surface area contributed by atoms with Crippen molar-refractivity contribution < 1.29 is 30.0 Å². The molecule has 0 saturated carbocycles. The summed E-state index contributed by atoms with van der Waals surface area (Å²) in [5.41, 5.74) is 1.38. The van der Waals surface area contributed by atoms with Crippen LogP contribution < -0.4 is 0 Å². The summed E-state index contributed by atoms with van der Waals surface area (Å²) < 4.78 is 5.25. The van der Waals surface area contributed by atoms with Gasteiger partial charge in [-0.25, -0.2) is 4.79 Å². The molecule has 0 bridgehead atoms. The molecule has 0 amide bonds. The van der Waals surface area contributed by atoms with E-state index in [-0.39, 0.29) is 29.1 Å². The summed E-state index contributed by atoms with van der Waals surface area (Å²) in [7, 11) is 0. The molecule has 0 aliphatic heterocycles. The van der Waals surface area contributed by atoms with Crippen molar-refractivity contribution in [2.75, 3.05) is 0 Å². The van der Waals surface area contributed by atoms with Gasteiger partial charge in [0.1, 0.15) is 0 Å². The highest BCUT2D eigenvalue weighted by molar-refractivity contribution is 5.87. The minimum Gasteiger partial charge on any atom is -0.504 e. The van der Waals surface area contributed by atoms with Gasteiger partial charge in [0.05, 0.1) is 6.10 Å². The summed E-state index contributed by atoms with van der Waals surface area (Å²) >= 11 is 0.